The number of carbonyl (C=O) groups is 1. The topological polar surface area (TPSA) is 17.1 Å². The van der Waals surface area contributed by atoms with Gasteiger partial charge in [0, 0.05) is 5.02 Å². The number of ketones is 1. The van der Waals surface area contributed by atoms with Gasteiger partial charge in [0.1, 0.15) is 0 Å². The summed E-state index contributed by atoms with van der Waals surface area (Å²) < 4.78 is 0. The minimum absolute atomic E-state index is 0.0166. The van der Waals surface area contributed by atoms with Gasteiger partial charge in [0.15, 0.2) is 5.78 Å². The van der Waals surface area contributed by atoms with Gasteiger partial charge < -0.3 is 0 Å². The summed E-state index contributed by atoms with van der Waals surface area (Å²) in [4.78, 5) is 11.1. The number of halogens is 1. The molecule has 0 amide bonds. The zero-order valence-electron chi connectivity index (χ0n) is 8.88. The molecule has 0 N–H and O–H groups in total. The van der Waals surface area contributed by atoms with Crippen molar-refractivity contribution >= 4 is 23.0 Å². The molecule has 0 aromatic heterocycles. The van der Waals surface area contributed by atoms with Crippen molar-refractivity contribution in [3.05, 3.63) is 53.1 Å². The van der Waals surface area contributed by atoms with Crippen LogP contribution in [0.4, 0.5) is 0 Å². The number of hydrogen-bond acceptors (Lipinski definition) is 1. The van der Waals surface area contributed by atoms with Crippen LogP contribution in [0.5, 0.6) is 0 Å². The second-order valence-corrected chi connectivity index (χ2v) is 3.89. The summed E-state index contributed by atoms with van der Waals surface area (Å²) in [5.41, 5.74) is 2.69. The van der Waals surface area contributed by atoms with Gasteiger partial charge in [-0.2, -0.15) is 0 Å². The van der Waals surface area contributed by atoms with E-state index in [2.05, 4.69) is 6.58 Å². The van der Waals surface area contributed by atoms with E-state index in [1.807, 2.05) is 19.1 Å². The van der Waals surface area contributed by atoms with Crippen LogP contribution in [0.1, 0.15) is 19.4 Å². The Labute approximate surface area is 95.1 Å². The Morgan fingerprint density at radius 2 is 1.80 bits per heavy atom. The first kappa shape index (κ1) is 11.7. The number of benzene rings is 1. The van der Waals surface area contributed by atoms with E-state index in [0.29, 0.717) is 5.02 Å². The van der Waals surface area contributed by atoms with Gasteiger partial charge in [-0.3, -0.25) is 4.79 Å². The molecule has 1 rings (SSSR count). The third-order valence-electron chi connectivity index (χ3n) is 1.96. The Balaban J connectivity index is 3.16. The van der Waals surface area contributed by atoms with E-state index in [0.717, 1.165) is 16.7 Å². The van der Waals surface area contributed by atoms with Crippen LogP contribution in [0.3, 0.4) is 0 Å². The summed E-state index contributed by atoms with van der Waals surface area (Å²) >= 11 is 5.79. The van der Waals surface area contributed by atoms with Crippen molar-refractivity contribution in [2.75, 3.05) is 0 Å². The first-order valence-corrected chi connectivity index (χ1v) is 5.02. The SMILES string of the molecule is C=C(C)/C(=C\C(C)=O)c1ccc(Cl)cc1. The van der Waals surface area contributed by atoms with Crippen molar-refractivity contribution in [2.24, 2.45) is 0 Å². The largest absolute Gasteiger partial charge is 0.295 e. The maximum absolute atomic E-state index is 11.1. The first-order valence-electron chi connectivity index (χ1n) is 4.65. The van der Waals surface area contributed by atoms with Gasteiger partial charge in [-0.15, -0.1) is 0 Å². The maximum atomic E-state index is 11.1. The van der Waals surface area contributed by atoms with E-state index in [4.69, 9.17) is 11.6 Å². The molecule has 0 saturated heterocycles. The minimum atomic E-state index is 0.0166. The molecule has 0 radical (unpaired) electrons. The van der Waals surface area contributed by atoms with Crippen molar-refractivity contribution < 1.29 is 4.79 Å². The zero-order chi connectivity index (χ0) is 11.4. The normalized spacial score (nSPS) is 11.3. The Morgan fingerprint density at radius 3 is 2.20 bits per heavy atom. The lowest BCUT2D eigenvalue weighted by Gasteiger charge is -2.06. The third kappa shape index (κ3) is 3.37. The van der Waals surface area contributed by atoms with Crippen LogP contribution in [0.25, 0.3) is 5.57 Å². The Hall–Kier alpha value is -1.34. The van der Waals surface area contributed by atoms with Crippen molar-refractivity contribution in [1.29, 1.82) is 0 Å². The molecule has 0 saturated carbocycles. The van der Waals surface area contributed by atoms with E-state index in [1.54, 1.807) is 18.2 Å². The smallest absolute Gasteiger partial charge is 0.153 e. The molecule has 0 aliphatic carbocycles. The molecule has 0 heterocycles. The zero-order valence-corrected chi connectivity index (χ0v) is 9.64. The van der Waals surface area contributed by atoms with E-state index in [-0.39, 0.29) is 5.78 Å². The lowest BCUT2D eigenvalue weighted by Crippen LogP contribution is -1.90. The van der Waals surface area contributed by atoms with Gasteiger partial charge in [-0.05, 0) is 43.2 Å². The molecule has 0 fully saturated rings. The van der Waals surface area contributed by atoms with Crippen molar-refractivity contribution in [3.63, 3.8) is 0 Å². The van der Waals surface area contributed by atoms with Crippen molar-refractivity contribution in [1.82, 2.24) is 0 Å². The molecule has 78 valence electrons. The summed E-state index contributed by atoms with van der Waals surface area (Å²) in [6, 6.07) is 7.36. The highest BCUT2D eigenvalue weighted by Gasteiger charge is 2.03. The maximum Gasteiger partial charge on any atom is 0.153 e. The summed E-state index contributed by atoms with van der Waals surface area (Å²) in [5.74, 6) is 0.0166. The summed E-state index contributed by atoms with van der Waals surface area (Å²) in [7, 11) is 0. The van der Waals surface area contributed by atoms with Gasteiger partial charge in [0.05, 0.1) is 0 Å². The molecular weight excluding hydrogens is 208 g/mol. The highest BCUT2D eigenvalue weighted by Crippen LogP contribution is 2.23. The molecule has 0 aliphatic rings. The summed E-state index contributed by atoms with van der Waals surface area (Å²) in [5, 5.41) is 0.683. The molecule has 0 aliphatic heterocycles. The second-order valence-electron chi connectivity index (χ2n) is 3.46. The lowest BCUT2D eigenvalue weighted by molar-refractivity contribution is -0.112. The molecule has 1 aromatic carbocycles. The second kappa shape index (κ2) is 4.94. The lowest BCUT2D eigenvalue weighted by atomic mass is 9.99. The van der Waals surface area contributed by atoms with E-state index in [1.165, 1.54) is 6.92 Å². The van der Waals surface area contributed by atoms with Gasteiger partial charge in [-0.25, -0.2) is 0 Å². The highest BCUT2D eigenvalue weighted by atomic mass is 35.5. The van der Waals surface area contributed by atoms with E-state index < -0.39 is 0 Å². The van der Waals surface area contributed by atoms with E-state index >= 15 is 0 Å². The van der Waals surface area contributed by atoms with Crippen LogP contribution in [0.15, 0.2) is 42.5 Å². The summed E-state index contributed by atoms with van der Waals surface area (Å²) in [6.45, 7) is 7.26. The number of rotatable bonds is 3. The average molecular weight is 221 g/mol. The predicted octanol–water partition coefficient (Wildman–Crippen LogP) is 3.89. The van der Waals surface area contributed by atoms with Crippen LogP contribution in [-0.2, 0) is 4.79 Å². The first-order chi connectivity index (χ1) is 7.00. The third-order valence-corrected chi connectivity index (χ3v) is 2.21. The molecule has 0 unspecified atom stereocenters. The van der Waals surface area contributed by atoms with Gasteiger partial charge in [0.25, 0.3) is 0 Å². The van der Waals surface area contributed by atoms with Crippen molar-refractivity contribution in [3.8, 4) is 0 Å². The van der Waals surface area contributed by atoms with E-state index in [9.17, 15) is 4.79 Å². The molecule has 1 aromatic rings. The van der Waals surface area contributed by atoms with Crippen molar-refractivity contribution in [2.45, 2.75) is 13.8 Å². The Bertz CT molecular complexity index is 413. The molecule has 1 nitrogen and oxygen atoms in total. The molecule has 0 bridgehead atoms. The standard InChI is InChI=1S/C13H13ClO/c1-9(2)13(8-10(3)15)11-4-6-12(14)7-5-11/h4-8H,1H2,2-3H3/b13-8+. The van der Waals surface area contributed by atoms with Gasteiger partial charge >= 0.3 is 0 Å². The quantitative estimate of drug-likeness (QED) is 0.558. The fraction of sp³-hybridized carbons (Fsp3) is 0.154. The highest BCUT2D eigenvalue weighted by molar-refractivity contribution is 6.30. The number of carbonyl (C=O) groups excluding carboxylic acids is 1. The van der Waals surface area contributed by atoms with Crippen LogP contribution >= 0.6 is 11.6 Å². The molecule has 15 heavy (non-hydrogen) atoms. The number of allylic oxidation sites excluding steroid dienone is 3. The van der Waals surface area contributed by atoms with Crippen LogP contribution in [-0.4, -0.2) is 5.78 Å². The molecule has 0 atom stereocenters. The Morgan fingerprint density at radius 1 is 1.27 bits per heavy atom. The average Bonchev–Trinajstić information content (AvgIpc) is 2.15. The Kier molecular flexibility index (Phi) is 3.87. The predicted molar refractivity (Wildman–Crippen MR) is 64.9 cm³/mol. The van der Waals surface area contributed by atoms with Gasteiger partial charge in [0.2, 0.25) is 0 Å². The minimum Gasteiger partial charge on any atom is -0.295 e. The van der Waals surface area contributed by atoms with Crippen LogP contribution < -0.4 is 0 Å². The van der Waals surface area contributed by atoms with Crippen LogP contribution in [0, 0.1) is 0 Å². The number of hydrogen-bond donors (Lipinski definition) is 0. The molecule has 2 heteroatoms. The van der Waals surface area contributed by atoms with Gasteiger partial charge in [-0.1, -0.05) is 35.9 Å². The monoisotopic (exact) mass is 220 g/mol. The van der Waals surface area contributed by atoms with Crippen LogP contribution in [0.2, 0.25) is 5.02 Å². The molecule has 0 spiro atoms. The fourth-order valence-corrected chi connectivity index (χ4v) is 1.41. The fourth-order valence-electron chi connectivity index (χ4n) is 1.29. The molecular formula is C13H13ClO. The summed E-state index contributed by atoms with van der Waals surface area (Å²) in [6.07, 6.45) is 1.59.